The molecule has 162 valence electrons. The van der Waals surface area contributed by atoms with Gasteiger partial charge >= 0.3 is 0 Å². The number of nitrogens with two attached hydrogens (primary N) is 1. The summed E-state index contributed by atoms with van der Waals surface area (Å²) < 4.78 is 28.5. The highest BCUT2D eigenvalue weighted by Gasteiger charge is 2.40. The van der Waals surface area contributed by atoms with E-state index in [0.717, 1.165) is 25.9 Å². The van der Waals surface area contributed by atoms with E-state index in [1.807, 2.05) is 36.4 Å². The molecule has 1 saturated heterocycles. The van der Waals surface area contributed by atoms with Crippen molar-refractivity contribution in [3.8, 4) is 0 Å². The van der Waals surface area contributed by atoms with Crippen molar-refractivity contribution >= 4 is 54.8 Å². The summed E-state index contributed by atoms with van der Waals surface area (Å²) in [5.74, 6) is 0.0508. The third-order valence-corrected chi connectivity index (χ3v) is 9.05. The van der Waals surface area contributed by atoms with Crippen LogP contribution in [0, 0.1) is 0 Å². The van der Waals surface area contributed by atoms with Gasteiger partial charge in [-0.2, -0.15) is 4.31 Å². The Morgan fingerprint density at radius 3 is 2.71 bits per heavy atom. The molecule has 0 spiro atoms. The van der Waals surface area contributed by atoms with Crippen LogP contribution in [0.3, 0.4) is 0 Å². The number of amides is 1. The first-order chi connectivity index (χ1) is 14.8. The lowest BCUT2D eigenvalue weighted by Crippen LogP contribution is -2.42. The van der Waals surface area contributed by atoms with E-state index in [2.05, 4.69) is 4.99 Å². The topological polar surface area (TPSA) is 96.1 Å². The van der Waals surface area contributed by atoms with Crippen molar-refractivity contribution in [2.45, 2.75) is 16.7 Å². The third kappa shape index (κ3) is 4.18. The molecule has 2 N–H and O–H groups in total. The summed E-state index contributed by atoms with van der Waals surface area (Å²) >= 11 is 7.33. The number of sulfonamides is 1. The number of hydrogen-bond donors (Lipinski definition) is 1. The summed E-state index contributed by atoms with van der Waals surface area (Å²) in [5.41, 5.74) is 6.78. The van der Waals surface area contributed by atoms with Gasteiger partial charge in [-0.25, -0.2) is 13.4 Å². The first-order valence-corrected chi connectivity index (χ1v) is 12.2. The van der Waals surface area contributed by atoms with Gasteiger partial charge < -0.3 is 10.6 Å². The first kappa shape index (κ1) is 21.8. The van der Waals surface area contributed by atoms with Crippen molar-refractivity contribution in [3.63, 3.8) is 0 Å². The number of likely N-dealkylation sites (N-methyl/N-ethyl adjacent to an activating group) is 1. The van der Waals surface area contributed by atoms with E-state index < -0.39 is 16.1 Å². The summed E-state index contributed by atoms with van der Waals surface area (Å²) in [6.07, 6.45) is 0.390. The minimum absolute atomic E-state index is 0.0858. The number of amidine groups is 1. The second-order valence-electron chi connectivity index (χ2n) is 7.20. The van der Waals surface area contributed by atoms with Gasteiger partial charge in [-0.15, -0.1) is 11.3 Å². The summed E-state index contributed by atoms with van der Waals surface area (Å²) in [7, 11) is -2.41. The molecule has 2 aromatic carbocycles. The van der Waals surface area contributed by atoms with Crippen molar-refractivity contribution in [1.82, 2.24) is 9.21 Å². The lowest BCUT2D eigenvalue weighted by atomic mass is 10.2. The quantitative estimate of drug-likeness (QED) is 0.436. The van der Waals surface area contributed by atoms with Gasteiger partial charge in [0, 0.05) is 34.3 Å². The van der Waals surface area contributed by atoms with E-state index >= 15 is 0 Å². The molecular formula is C21H21ClN4O3S2. The van der Waals surface area contributed by atoms with Gasteiger partial charge in [-0.3, -0.25) is 4.79 Å². The number of likely N-dealkylation sites (tertiary alicyclic amines) is 1. The summed E-state index contributed by atoms with van der Waals surface area (Å²) in [4.78, 5) is 18.7. The normalized spacial score (nSPS) is 17.8. The molecule has 0 saturated carbocycles. The number of nitrogens with zero attached hydrogens (tertiary/aromatic N) is 3. The highest BCUT2D eigenvalue weighted by molar-refractivity contribution is 7.91. The Labute approximate surface area is 189 Å². The van der Waals surface area contributed by atoms with Crippen LogP contribution in [0.4, 0.5) is 0 Å². The Morgan fingerprint density at radius 1 is 1.26 bits per heavy atom. The molecule has 4 rings (SSSR count). The molecule has 1 aliphatic rings. The standard InChI is InChI=1S/C21H21ClN4O3S2/c1-25(31(28,29)19-12-15-16(22)8-5-9-18(15)30-19)17-10-11-26(21(17)27)13-24-20(23)14-6-3-2-4-7-14/h2-9,12,17H,10-11,13H2,1H3,(H2,23,24)/t17-/m0/s1. The van der Waals surface area contributed by atoms with Crippen molar-refractivity contribution in [2.75, 3.05) is 20.3 Å². The molecule has 0 bridgehead atoms. The van der Waals surface area contributed by atoms with Crippen molar-refractivity contribution in [2.24, 2.45) is 10.7 Å². The van der Waals surface area contributed by atoms with Gasteiger partial charge in [0.2, 0.25) is 5.91 Å². The lowest BCUT2D eigenvalue weighted by Gasteiger charge is -2.22. The first-order valence-electron chi connectivity index (χ1n) is 9.59. The van der Waals surface area contributed by atoms with Crippen LogP contribution in [-0.2, 0) is 14.8 Å². The van der Waals surface area contributed by atoms with E-state index in [4.69, 9.17) is 17.3 Å². The number of carbonyl (C=O) groups excluding carboxylic acids is 1. The maximum absolute atomic E-state index is 13.2. The maximum Gasteiger partial charge on any atom is 0.253 e. The number of hydrogen-bond acceptors (Lipinski definition) is 5. The number of aliphatic imine (C=N–C) groups is 1. The Balaban J connectivity index is 1.50. The zero-order chi connectivity index (χ0) is 22.2. The molecule has 0 radical (unpaired) electrons. The number of benzene rings is 2. The molecular weight excluding hydrogens is 456 g/mol. The van der Waals surface area contributed by atoms with Crippen LogP contribution < -0.4 is 5.73 Å². The maximum atomic E-state index is 13.2. The van der Waals surface area contributed by atoms with E-state index in [1.165, 1.54) is 11.9 Å². The zero-order valence-electron chi connectivity index (χ0n) is 16.7. The minimum atomic E-state index is -3.85. The predicted molar refractivity (Wildman–Crippen MR) is 124 cm³/mol. The summed E-state index contributed by atoms with van der Waals surface area (Å²) in [5, 5.41) is 1.18. The van der Waals surface area contributed by atoms with Crippen LogP contribution in [0.5, 0.6) is 0 Å². The summed E-state index contributed by atoms with van der Waals surface area (Å²) in [6, 6.07) is 15.4. The molecule has 1 amide bonds. The molecule has 3 aromatic rings. The van der Waals surface area contributed by atoms with E-state index in [-0.39, 0.29) is 16.8 Å². The van der Waals surface area contributed by atoms with Gasteiger partial charge in [0.15, 0.2) is 0 Å². The van der Waals surface area contributed by atoms with Crippen molar-refractivity contribution in [1.29, 1.82) is 0 Å². The molecule has 7 nitrogen and oxygen atoms in total. The SMILES string of the molecule is CN([C@H]1CCN(CN=C(N)c2ccccc2)C1=O)S(=O)(=O)c1cc2c(Cl)cccc2s1. The van der Waals surface area contributed by atoms with Crippen LogP contribution in [0.2, 0.25) is 5.02 Å². The molecule has 0 aliphatic carbocycles. The van der Waals surface area contributed by atoms with Gasteiger partial charge in [0.1, 0.15) is 22.8 Å². The molecule has 0 unspecified atom stereocenters. The van der Waals surface area contributed by atoms with E-state index in [0.29, 0.717) is 29.2 Å². The van der Waals surface area contributed by atoms with Crippen LogP contribution in [0.25, 0.3) is 10.1 Å². The number of fused-ring (bicyclic) bond motifs is 1. The Hall–Kier alpha value is -2.46. The summed E-state index contributed by atoms with van der Waals surface area (Å²) in [6.45, 7) is 0.496. The highest BCUT2D eigenvalue weighted by atomic mass is 35.5. The largest absolute Gasteiger partial charge is 0.383 e. The highest BCUT2D eigenvalue weighted by Crippen LogP contribution is 2.35. The zero-order valence-corrected chi connectivity index (χ0v) is 19.1. The van der Waals surface area contributed by atoms with Gasteiger partial charge in [-0.1, -0.05) is 48.0 Å². The van der Waals surface area contributed by atoms with Gasteiger partial charge in [0.05, 0.1) is 0 Å². The Kier molecular flexibility index (Phi) is 6.02. The van der Waals surface area contributed by atoms with E-state index in [9.17, 15) is 13.2 Å². The molecule has 1 fully saturated rings. The fourth-order valence-corrected chi connectivity index (χ4v) is 6.73. The van der Waals surface area contributed by atoms with Crippen molar-refractivity contribution < 1.29 is 13.2 Å². The predicted octanol–water partition coefficient (Wildman–Crippen LogP) is 3.14. The van der Waals surface area contributed by atoms with Crippen molar-refractivity contribution in [3.05, 3.63) is 65.2 Å². The molecule has 1 aromatic heterocycles. The third-order valence-electron chi connectivity index (χ3n) is 5.31. The average molecular weight is 477 g/mol. The Morgan fingerprint density at radius 2 is 2.00 bits per heavy atom. The average Bonchev–Trinajstić information content (AvgIpc) is 3.37. The van der Waals surface area contributed by atoms with E-state index in [1.54, 1.807) is 18.2 Å². The molecule has 2 heterocycles. The monoisotopic (exact) mass is 476 g/mol. The minimum Gasteiger partial charge on any atom is -0.383 e. The fourth-order valence-electron chi connectivity index (χ4n) is 3.50. The second kappa shape index (κ2) is 8.58. The molecule has 1 aliphatic heterocycles. The number of halogens is 1. The number of thiophene rings is 1. The second-order valence-corrected chi connectivity index (χ2v) is 10.9. The van der Waals surface area contributed by atoms with Gasteiger partial charge in [-0.05, 0) is 24.6 Å². The molecule has 1 atom stereocenters. The van der Waals surface area contributed by atoms with Crippen LogP contribution in [0.1, 0.15) is 12.0 Å². The molecule has 10 heteroatoms. The number of rotatable bonds is 6. The van der Waals surface area contributed by atoms with Crippen LogP contribution >= 0.6 is 22.9 Å². The number of carbonyl (C=O) groups is 1. The lowest BCUT2D eigenvalue weighted by molar-refractivity contribution is -0.130. The van der Waals surface area contributed by atoms with Crippen LogP contribution in [0.15, 0.2) is 63.8 Å². The van der Waals surface area contributed by atoms with Crippen LogP contribution in [-0.4, -0.2) is 55.7 Å². The smallest absolute Gasteiger partial charge is 0.253 e. The fraction of sp³-hybridized carbons (Fsp3) is 0.238. The molecule has 31 heavy (non-hydrogen) atoms. The Bertz CT molecular complexity index is 1260. The van der Waals surface area contributed by atoms with Gasteiger partial charge in [0.25, 0.3) is 10.0 Å².